The molecule has 1 saturated heterocycles. The number of rotatable bonds is 1. The lowest BCUT2D eigenvalue weighted by Gasteiger charge is -2.52. The van der Waals surface area contributed by atoms with E-state index < -0.39 is 0 Å². The second-order valence-electron chi connectivity index (χ2n) is 6.87. The minimum absolute atomic E-state index is 0.141. The quantitative estimate of drug-likeness (QED) is 0.735. The van der Waals surface area contributed by atoms with Crippen LogP contribution >= 0.6 is 23.5 Å². The summed E-state index contributed by atoms with van der Waals surface area (Å²) in [5.74, 6) is 0. The first-order chi connectivity index (χ1) is 10.8. The minimum atomic E-state index is -0.253. The Hall–Kier alpha value is -0.450. The number of aliphatic imine (C=N–C) groups is 1. The van der Waals surface area contributed by atoms with E-state index in [1.165, 1.54) is 49.1 Å². The van der Waals surface area contributed by atoms with E-state index in [4.69, 9.17) is 9.73 Å². The van der Waals surface area contributed by atoms with Gasteiger partial charge in [-0.15, -0.1) is 11.8 Å². The Morgan fingerprint density at radius 2 is 1.91 bits per heavy atom. The predicted molar refractivity (Wildman–Crippen MR) is 94.6 cm³/mol. The summed E-state index contributed by atoms with van der Waals surface area (Å²) in [7, 11) is 0. The van der Waals surface area contributed by atoms with Crippen LogP contribution < -0.4 is 0 Å². The molecule has 2 aliphatic carbocycles. The van der Waals surface area contributed by atoms with Crippen LogP contribution in [0.25, 0.3) is 0 Å². The standard InChI is InChI=1S/C18H21NOS2/c1-2-7-13(8-3-1)16-19-17-11-4-5-12-18(17,22-16)21-15-10-6-9-14(15)20-17/h1-3,7-8,14-15H,4-6,9-12H2/t14-,15-,17+,18+/m0/s1. The fourth-order valence-electron chi connectivity index (χ4n) is 4.43. The highest BCUT2D eigenvalue weighted by Crippen LogP contribution is 2.66. The van der Waals surface area contributed by atoms with Gasteiger partial charge in [-0.2, -0.15) is 0 Å². The molecule has 0 amide bonds. The molecule has 2 nitrogen and oxygen atoms in total. The summed E-state index contributed by atoms with van der Waals surface area (Å²) >= 11 is 4.22. The average Bonchev–Trinajstić information content (AvgIpc) is 3.13. The molecule has 5 rings (SSSR count). The molecule has 0 spiro atoms. The largest absolute Gasteiger partial charge is 0.347 e. The molecular weight excluding hydrogens is 310 g/mol. The van der Waals surface area contributed by atoms with Gasteiger partial charge in [-0.1, -0.05) is 48.5 Å². The molecule has 3 fully saturated rings. The van der Waals surface area contributed by atoms with Crippen LogP contribution in [0.2, 0.25) is 0 Å². The normalized spacial score (nSPS) is 43.2. The minimum Gasteiger partial charge on any atom is -0.347 e. The monoisotopic (exact) mass is 331 g/mol. The topological polar surface area (TPSA) is 21.6 Å². The first-order valence-electron chi connectivity index (χ1n) is 8.50. The fourth-order valence-corrected chi connectivity index (χ4v) is 8.35. The average molecular weight is 332 g/mol. The molecule has 0 N–H and O–H groups in total. The molecular formula is C18H21NOS2. The zero-order valence-corrected chi connectivity index (χ0v) is 14.3. The zero-order chi connectivity index (χ0) is 14.6. The lowest BCUT2D eigenvalue weighted by Crippen LogP contribution is -2.57. The Kier molecular flexibility index (Phi) is 3.18. The van der Waals surface area contributed by atoms with Crippen molar-refractivity contribution in [2.75, 3.05) is 0 Å². The van der Waals surface area contributed by atoms with E-state index in [2.05, 4.69) is 42.1 Å². The lowest BCUT2D eigenvalue weighted by atomic mass is 9.90. The van der Waals surface area contributed by atoms with Crippen LogP contribution in [0.5, 0.6) is 0 Å². The third kappa shape index (κ3) is 1.90. The molecule has 0 unspecified atom stereocenters. The molecule has 0 radical (unpaired) electrons. The molecule has 4 atom stereocenters. The highest BCUT2D eigenvalue weighted by Gasteiger charge is 2.65. The second kappa shape index (κ2) is 5.02. The molecule has 4 aliphatic rings. The van der Waals surface area contributed by atoms with Crippen LogP contribution in [0.4, 0.5) is 0 Å². The maximum Gasteiger partial charge on any atom is 0.184 e. The highest BCUT2D eigenvalue weighted by molar-refractivity contribution is 8.27. The molecule has 0 aromatic heterocycles. The van der Waals surface area contributed by atoms with Crippen molar-refractivity contribution >= 4 is 28.6 Å². The van der Waals surface area contributed by atoms with Gasteiger partial charge in [0.05, 0.1) is 6.10 Å². The number of thioether (sulfide) groups is 2. The van der Waals surface area contributed by atoms with Gasteiger partial charge in [0.1, 0.15) is 9.12 Å². The van der Waals surface area contributed by atoms with Crippen molar-refractivity contribution in [1.82, 2.24) is 0 Å². The SMILES string of the molecule is c1ccc(C2=N[C@@]34CCCC[C@]3(S2)S[C@H]2CCC[C@@H]2O4)cc1. The Balaban J connectivity index is 1.58. The number of benzene rings is 1. The molecule has 0 bridgehead atoms. The van der Waals surface area contributed by atoms with Crippen molar-refractivity contribution in [1.29, 1.82) is 0 Å². The van der Waals surface area contributed by atoms with Crippen LogP contribution in [0.3, 0.4) is 0 Å². The van der Waals surface area contributed by atoms with Crippen LogP contribution in [0, 0.1) is 0 Å². The Bertz CT molecular complexity index is 619. The summed E-state index contributed by atoms with van der Waals surface area (Å²) in [6, 6.07) is 10.7. The fraction of sp³-hybridized carbons (Fsp3) is 0.611. The Morgan fingerprint density at radius 3 is 2.82 bits per heavy atom. The van der Waals surface area contributed by atoms with Crippen LogP contribution in [-0.4, -0.2) is 26.2 Å². The van der Waals surface area contributed by atoms with Gasteiger partial charge in [0, 0.05) is 10.8 Å². The molecule has 2 aliphatic heterocycles. The summed E-state index contributed by atoms with van der Waals surface area (Å²) in [5.41, 5.74) is 1.01. The zero-order valence-electron chi connectivity index (χ0n) is 12.7. The third-order valence-electron chi connectivity index (χ3n) is 5.51. The predicted octanol–water partition coefficient (Wildman–Crippen LogP) is 4.83. The van der Waals surface area contributed by atoms with Crippen molar-refractivity contribution in [3.63, 3.8) is 0 Å². The summed E-state index contributed by atoms with van der Waals surface area (Å²) in [6.45, 7) is 0. The summed E-state index contributed by atoms with van der Waals surface area (Å²) in [4.78, 5) is 5.22. The maximum absolute atomic E-state index is 6.74. The van der Waals surface area contributed by atoms with E-state index in [0.29, 0.717) is 11.4 Å². The number of ether oxygens (including phenoxy) is 1. The van der Waals surface area contributed by atoms with E-state index in [1.807, 2.05) is 11.8 Å². The summed E-state index contributed by atoms with van der Waals surface area (Å²) in [6.07, 6.45) is 9.25. The van der Waals surface area contributed by atoms with Gasteiger partial charge in [0.25, 0.3) is 0 Å². The Morgan fingerprint density at radius 1 is 1.05 bits per heavy atom. The van der Waals surface area contributed by atoms with Crippen molar-refractivity contribution in [2.24, 2.45) is 4.99 Å². The smallest absolute Gasteiger partial charge is 0.184 e. The second-order valence-corrected chi connectivity index (χ2v) is 9.96. The third-order valence-corrected chi connectivity index (χ3v) is 9.17. The van der Waals surface area contributed by atoms with E-state index >= 15 is 0 Å². The first-order valence-corrected chi connectivity index (χ1v) is 10.2. The van der Waals surface area contributed by atoms with Crippen molar-refractivity contribution in [2.45, 2.75) is 66.1 Å². The van der Waals surface area contributed by atoms with Crippen molar-refractivity contribution in [3.8, 4) is 0 Å². The number of fused-ring (bicyclic) bond motifs is 1. The Labute approximate surface area is 140 Å². The highest BCUT2D eigenvalue weighted by atomic mass is 32.2. The van der Waals surface area contributed by atoms with E-state index in [9.17, 15) is 0 Å². The number of nitrogens with zero attached hydrogens (tertiary/aromatic N) is 1. The first kappa shape index (κ1) is 13.9. The van der Waals surface area contributed by atoms with E-state index in [0.717, 1.165) is 6.42 Å². The van der Waals surface area contributed by atoms with Crippen LogP contribution in [-0.2, 0) is 4.74 Å². The van der Waals surface area contributed by atoms with Gasteiger partial charge in [-0.3, -0.25) is 0 Å². The van der Waals surface area contributed by atoms with Crippen molar-refractivity contribution in [3.05, 3.63) is 35.9 Å². The number of hydrogen-bond acceptors (Lipinski definition) is 4. The molecule has 2 saturated carbocycles. The molecule has 1 aromatic rings. The van der Waals surface area contributed by atoms with Gasteiger partial charge in [-0.25, -0.2) is 4.99 Å². The maximum atomic E-state index is 6.74. The molecule has 2 heterocycles. The van der Waals surface area contributed by atoms with Gasteiger partial charge in [0.15, 0.2) is 5.72 Å². The molecule has 22 heavy (non-hydrogen) atoms. The van der Waals surface area contributed by atoms with Crippen LogP contribution in [0.1, 0.15) is 50.5 Å². The van der Waals surface area contributed by atoms with E-state index in [-0.39, 0.29) is 9.80 Å². The van der Waals surface area contributed by atoms with Crippen molar-refractivity contribution < 1.29 is 4.74 Å². The van der Waals surface area contributed by atoms with Gasteiger partial charge in [-0.05, 0) is 38.5 Å². The molecule has 1 aromatic carbocycles. The van der Waals surface area contributed by atoms with Gasteiger partial charge < -0.3 is 4.74 Å². The molecule has 4 heteroatoms. The van der Waals surface area contributed by atoms with E-state index in [1.54, 1.807) is 0 Å². The van der Waals surface area contributed by atoms with Crippen LogP contribution in [0.15, 0.2) is 35.3 Å². The summed E-state index contributed by atoms with van der Waals surface area (Å²) in [5, 5.41) is 1.90. The molecule has 116 valence electrons. The van der Waals surface area contributed by atoms with Gasteiger partial charge in [0.2, 0.25) is 0 Å². The number of hydrogen-bond donors (Lipinski definition) is 0. The lowest BCUT2D eigenvalue weighted by molar-refractivity contribution is -0.112. The summed E-state index contributed by atoms with van der Waals surface area (Å²) < 4.78 is 6.88. The van der Waals surface area contributed by atoms with Gasteiger partial charge >= 0.3 is 0 Å².